The lowest BCUT2D eigenvalue weighted by molar-refractivity contribution is -0.146. The summed E-state index contributed by atoms with van der Waals surface area (Å²) in [5, 5.41) is 20.4. The van der Waals surface area contributed by atoms with Crippen molar-refractivity contribution in [3.63, 3.8) is 0 Å². The molecule has 3 heterocycles. The summed E-state index contributed by atoms with van der Waals surface area (Å²) >= 11 is 1.72. The lowest BCUT2D eigenvalue weighted by Gasteiger charge is -2.32. The summed E-state index contributed by atoms with van der Waals surface area (Å²) in [5.41, 5.74) is 2.39. The van der Waals surface area contributed by atoms with Crippen LogP contribution in [0.3, 0.4) is 0 Å². The molecule has 1 aromatic carbocycles. The zero-order valence-corrected chi connectivity index (χ0v) is 16.2. The number of carbonyl (C=O) groups is 1. The SMILES string of the molecule is CCC(CO)(CO)C(=O)N1CC2=C(CN(Sc3ccc4occc4c3)C2)C1. The lowest BCUT2D eigenvalue weighted by Crippen LogP contribution is -2.48. The Morgan fingerprint density at radius 1 is 1.15 bits per heavy atom. The van der Waals surface area contributed by atoms with Crippen LogP contribution >= 0.6 is 11.9 Å². The Kier molecular flexibility index (Phi) is 5.03. The van der Waals surface area contributed by atoms with Crippen LogP contribution in [0.25, 0.3) is 11.0 Å². The first-order valence-electron chi connectivity index (χ1n) is 9.19. The highest BCUT2D eigenvalue weighted by atomic mass is 32.2. The first-order valence-corrected chi connectivity index (χ1v) is 9.97. The molecular formula is C20H24N2O4S. The van der Waals surface area contributed by atoms with Crippen LogP contribution in [-0.4, -0.2) is 64.7 Å². The molecule has 0 atom stereocenters. The van der Waals surface area contributed by atoms with Gasteiger partial charge < -0.3 is 19.5 Å². The summed E-state index contributed by atoms with van der Waals surface area (Å²) in [6.07, 6.45) is 2.13. The fraction of sp³-hybridized carbons (Fsp3) is 0.450. The molecule has 2 aliphatic rings. The number of aliphatic hydroxyl groups is 2. The number of aliphatic hydroxyl groups excluding tert-OH is 2. The molecule has 7 heteroatoms. The monoisotopic (exact) mass is 388 g/mol. The largest absolute Gasteiger partial charge is 0.464 e. The molecule has 1 aromatic heterocycles. The second-order valence-corrected chi connectivity index (χ2v) is 8.50. The maximum atomic E-state index is 12.8. The van der Waals surface area contributed by atoms with Gasteiger partial charge in [-0.2, -0.15) is 0 Å². The zero-order valence-electron chi connectivity index (χ0n) is 15.4. The molecule has 0 saturated carbocycles. The van der Waals surface area contributed by atoms with Gasteiger partial charge in [-0.25, -0.2) is 4.31 Å². The van der Waals surface area contributed by atoms with Gasteiger partial charge in [0, 0.05) is 36.5 Å². The van der Waals surface area contributed by atoms with E-state index in [0.717, 1.165) is 24.1 Å². The number of fused-ring (bicyclic) bond motifs is 1. The molecule has 1 amide bonds. The van der Waals surface area contributed by atoms with Gasteiger partial charge in [0.2, 0.25) is 5.91 Å². The van der Waals surface area contributed by atoms with Gasteiger partial charge in [0.15, 0.2) is 0 Å². The number of benzene rings is 1. The predicted octanol–water partition coefficient (Wildman–Crippen LogP) is 2.28. The number of hydrogen-bond acceptors (Lipinski definition) is 6. The minimum Gasteiger partial charge on any atom is -0.464 e. The quantitative estimate of drug-likeness (QED) is 0.584. The van der Waals surface area contributed by atoms with Crippen LogP contribution in [0.4, 0.5) is 0 Å². The maximum absolute atomic E-state index is 12.8. The van der Waals surface area contributed by atoms with Crippen LogP contribution < -0.4 is 0 Å². The standard InChI is InChI=1S/C20H24N2O4S/c1-2-20(12-23,13-24)19(25)21-8-15-10-22(11-16(15)9-21)27-17-3-4-18-14(7-17)5-6-26-18/h3-7,23-24H,2,8-13H2,1H3. The van der Waals surface area contributed by atoms with Gasteiger partial charge in [-0.15, -0.1) is 0 Å². The molecule has 0 spiro atoms. The molecule has 144 valence electrons. The van der Waals surface area contributed by atoms with Crippen LogP contribution in [-0.2, 0) is 4.79 Å². The van der Waals surface area contributed by atoms with Crippen LogP contribution in [0.5, 0.6) is 0 Å². The van der Waals surface area contributed by atoms with Crippen molar-refractivity contribution in [2.45, 2.75) is 18.2 Å². The average Bonchev–Trinajstić information content (AvgIpc) is 3.37. The summed E-state index contributed by atoms with van der Waals surface area (Å²) in [7, 11) is 0. The highest BCUT2D eigenvalue weighted by Crippen LogP contribution is 2.36. The Morgan fingerprint density at radius 3 is 2.48 bits per heavy atom. The molecule has 2 aliphatic heterocycles. The molecule has 0 saturated heterocycles. The highest BCUT2D eigenvalue weighted by Gasteiger charge is 2.42. The molecule has 0 radical (unpaired) electrons. The number of hydrogen-bond donors (Lipinski definition) is 2. The van der Waals surface area contributed by atoms with E-state index in [1.165, 1.54) is 16.0 Å². The van der Waals surface area contributed by atoms with Crippen molar-refractivity contribution in [3.8, 4) is 0 Å². The number of nitrogens with zero attached hydrogens (tertiary/aromatic N) is 2. The number of amides is 1. The summed E-state index contributed by atoms with van der Waals surface area (Å²) in [5.74, 6) is -0.144. The normalized spacial score (nSPS) is 18.0. The molecule has 0 bridgehead atoms. The number of rotatable bonds is 6. The van der Waals surface area contributed by atoms with E-state index in [9.17, 15) is 15.0 Å². The Morgan fingerprint density at radius 2 is 1.85 bits per heavy atom. The molecule has 27 heavy (non-hydrogen) atoms. The van der Waals surface area contributed by atoms with Crippen LogP contribution in [0.1, 0.15) is 13.3 Å². The van der Waals surface area contributed by atoms with Gasteiger partial charge in [0.05, 0.1) is 24.9 Å². The summed E-state index contributed by atoms with van der Waals surface area (Å²) in [6.45, 7) is 4.02. The molecule has 0 fully saturated rings. The zero-order chi connectivity index (χ0) is 19.0. The average molecular weight is 388 g/mol. The molecule has 4 rings (SSSR count). The molecule has 0 aliphatic carbocycles. The molecule has 2 N–H and O–H groups in total. The minimum absolute atomic E-state index is 0.144. The van der Waals surface area contributed by atoms with E-state index in [1.807, 2.05) is 19.1 Å². The number of furan rings is 1. The van der Waals surface area contributed by atoms with Crippen molar-refractivity contribution in [2.75, 3.05) is 39.4 Å². The Labute approximate surface area is 162 Å². The second kappa shape index (κ2) is 7.31. The molecular weight excluding hydrogens is 364 g/mol. The van der Waals surface area contributed by atoms with Crippen molar-refractivity contribution in [3.05, 3.63) is 41.7 Å². The Balaban J connectivity index is 1.37. The van der Waals surface area contributed by atoms with E-state index >= 15 is 0 Å². The minimum atomic E-state index is -1.06. The van der Waals surface area contributed by atoms with Gasteiger partial charge in [0.25, 0.3) is 0 Å². The maximum Gasteiger partial charge on any atom is 0.234 e. The van der Waals surface area contributed by atoms with Gasteiger partial charge in [-0.05, 0) is 53.8 Å². The third-order valence-corrected chi connectivity index (χ3v) is 6.66. The van der Waals surface area contributed by atoms with Gasteiger partial charge >= 0.3 is 0 Å². The summed E-state index contributed by atoms with van der Waals surface area (Å²) in [4.78, 5) is 15.8. The molecule has 6 nitrogen and oxygen atoms in total. The van der Waals surface area contributed by atoms with Crippen molar-refractivity contribution < 1.29 is 19.4 Å². The van der Waals surface area contributed by atoms with Crippen molar-refractivity contribution >= 4 is 28.8 Å². The summed E-state index contributed by atoms with van der Waals surface area (Å²) in [6, 6.07) is 8.14. The lowest BCUT2D eigenvalue weighted by atomic mass is 9.85. The number of carbonyl (C=O) groups excluding carboxylic acids is 1. The highest BCUT2D eigenvalue weighted by molar-refractivity contribution is 7.97. The van der Waals surface area contributed by atoms with Crippen molar-refractivity contribution in [1.29, 1.82) is 0 Å². The van der Waals surface area contributed by atoms with Crippen molar-refractivity contribution in [2.24, 2.45) is 5.41 Å². The van der Waals surface area contributed by atoms with Crippen LogP contribution in [0, 0.1) is 5.41 Å². The molecule has 2 aromatic rings. The first kappa shape index (κ1) is 18.6. The Hall–Kier alpha value is -1.80. The fourth-order valence-electron chi connectivity index (χ4n) is 3.80. The summed E-state index contributed by atoms with van der Waals surface area (Å²) < 4.78 is 7.69. The fourth-order valence-corrected chi connectivity index (χ4v) is 4.85. The van der Waals surface area contributed by atoms with Gasteiger partial charge in [0.1, 0.15) is 5.58 Å². The van der Waals surface area contributed by atoms with E-state index < -0.39 is 5.41 Å². The van der Waals surface area contributed by atoms with E-state index in [1.54, 1.807) is 23.1 Å². The third kappa shape index (κ3) is 3.29. The van der Waals surface area contributed by atoms with Crippen LogP contribution in [0.15, 0.2) is 51.0 Å². The topological polar surface area (TPSA) is 77.2 Å². The van der Waals surface area contributed by atoms with E-state index in [2.05, 4.69) is 16.4 Å². The second-order valence-electron chi connectivity index (χ2n) is 7.33. The predicted molar refractivity (Wildman–Crippen MR) is 104 cm³/mol. The first-order chi connectivity index (χ1) is 13.1. The third-order valence-electron chi connectivity index (χ3n) is 5.68. The van der Waals surface area contributed by atoms with Gasteiger partial charge in [-0.3, -0.25) is 4.79 Å². The van der Waals surface area contributed by atoms with Crippen LogP contribution in [0.2, 0.25) is 0 Å². The van der Waals surface area contributed by atoms with E-state index in [0.29, 0.717) is 19.5 Å². The smallest absolute Gasteiger partial charge is 0.234 e. The van der Waals surface area contributed by atoms with E-state index in [4.69, 9.17) is 4.42 Å². The van der Waals surface area contributed by atoms with Gasteiger partial charge in [-0.1, -0.05) is 6.92 Å². The van der Waals surface area contributed by atoms with Crippen molar-refractivity contribution in [1.82, 2.24) is 9.21 Å². The molecule has 0 unspecified atom stereocenters. The Bertz CT molecular complexity index is 861. The van der Waals surface area contributed by atoms with E-state index in [-0.39, 0.29) is 19.1 Å².